The van der Waals surface area contributed by atoms with Crippen molar-refractivity contribution in [1.82, 2.24) is 4.98 Å². The Morgan fingerprint density at radius 2 is 2.16 bits per heavy atom. The molecule has 0 saturated heterocycles. The number of aromatic amines is 1. The maximum Gasteiger partial charge on any atom is 0.351 e. The lowest BCUT2D eigenvalue weighted by Gasteiger charge is -2.03. The largest absolute Gasteiger partial charge is 0.462 e. The Labute approximate surface area is 115 Å². The summed E-state index contributed by atoms with van der Waals surface area (Å²) in [6.45, 7) is 1.75. The van der Waals surface area contributed by atoms with Crippen LogP contribution >= 0.6 is 15.9 Å². The predicted molar refractivity (Wildman–Crippen MR) is 71.7 cm³/mol. The van der Waals surface area contributed by atoms with Gasteiger partial charge in [-0.2, -0.15) is 0 Å². The SMILES string of the molecule is CCOC(=O)c1cc2c(=O)[nH]c(CBr)cc2oc1=O. The second kappa shape index (κ2) is 5.40. The number of alkyl halides is 1. The molecule has 2 heterocycles. The van der Waals surface area contributed by atoms with Crippen LogP contribution in [0.3, 0.4) is 0 Å². The number of ether oxygens (including phenoxy) is 1. The molecule has 0 aromatic carbocycles. The number of rotatable bonds is 3. The van der Waals surface area contributed by atoms with E-state index in [1.54, 1.807) is 6.92 Å². The fourth-order valence-electron chi connectivity index (χ4n) is 1.60. The molecule has 0 bridgehead atoms. The molecule has 7 heteroatoms. The maximum absolute atomic E-state index is 11.8. The molecule has 0 radical (unpaired) electrons. The van der Waals surface area contributed by atoms with E-state index in [0.717, 1.165) is 0 Å². The molecule has 0 spiro atoms. The van der Waals surface area contributed by atoms with Crippen molar-refractivity contribution in [2.45, 2.75) is 12.3 Å². The number of carbonyl (C=O) groups excluding carboxylic acids is 1. The van der Waals surface area contributed by atoms with Gasteiger partial charge in [0.1, 0.15) is 11.1 Å². The van der Waals surface area contributed by atoms with Crippen molar-refractivity contribution in [2.24, 2.45) is 0 Å². The highest BCUT2D eigenvalue weighted by atomic mass is 79.9. The highest BCUT2D eigenvalue weighted by Crippen LogP contribution is 2.12. The number of H-pyrrole nitrogens is 1. The average Bonchev–Trinajstić information content (AvgIpc) is 2.37. The van der Waals surface area contributed by atoms with Crippen molar-refractivity contribution in [3.05, 3.63) is 44.2 Å². The van der Waals surface area contributed by atoms with Crippen LogP contribution in [0.5, 0.6) is 0 Å². The third-order valence-electron chi connectivity index (χ3n) is 2.44. The molecular weight excluding hydrogens is 318 g/mol. The van der Waals surface area contributed by atoms with Crippen molar-refractivity contribution in [3.8, 4) is 0 Å². The van der Waals surface area contributed by atoms with Gasteiger partial charge in [0.05, 0.1) is 12.0 Å². The van der Waals surface area contributed by atoms with Crippen LogP contribution in [0.25, 0.3) is 11.0 Å². The number of halogens is 1. The number of carbonyl (C=O) groups is 1. The first-order chi connectivity index (χ1) is 9.06. The number of hydrogen-bond acceptors (Lipinski definition) is 5. The minimum Gasteiger partial charge on any atom is -0.462 e. The van der Waals surface area contributed by atoms with Crippen LogP contribution in [-0.4, -0.2) is 17.6 Å². The lowest BCUT2D eigenvalue weighted by molar-refractivity contribution is 0.0522. The molecule has 100 valence electrons. The molecule has 0 aliphatic rings. The molecule has 19 heavy (non-hydrogen) atoms. The van der Waals surface area contributed by atoms with Gasteiger partial charge in [-0.3, -0.25) is 4.79 Å². The summed E-state index contributed by atoms with van der Waals surface area (Å²) in [6.07, 6.45) is 0. The number of aromatic nitrogens is 1. The van der Waals surface area contributed by atoms with E-state index in [0.29, 0.717) is 11.0 Å². The van der Waals surface area contributed by atoms with E-state index in [2.05, 4.69) is 20.9 Å². The Bertz CT molecular complexity index is 746. The van der Waals surface area contributed by atoms with Gasteiger partial charge in [0.25, 0.3) is 5.56 Å². The van der Waals surface area contributed by atoms with Crippen LogP contribution < -0.4 is 11.2 Å². The number of hydrogen-bond donors (Lipinski definition) is 1. The third-order valence-corrected chi connectivity index (χ3v) is 3.04. The summed E-state index contributed by atoms with van der Waals surface area (Å²) < 4.78 is 9.71. The van der Waals surface area contributed by atoms with Gasteiger partial charge in [-0.25, -0.2) is 9.59 Å². The topological polar surface area (TPSA) is 89.4 Å². The molecule has 0 amide bonds. The first kappa shape index (κ1) is 13.5. The summed E-state index contributed by atoms with van der Waals surface area (Å²) in [5.41, 5.74) is -0.828. The van der Waals surface area contributed by atoms with Crippen molar-refractivity contribution in [1.29, 1.82) is 0 Å². The first-order valence-electron chi connectivity index (χ1n) is 5.50. The fourth-order valence-corrected chi connectivity index (χ4v) is 1.90. The van der Waals surface area contributed by atoms with Gasteiger partial charge in [0, 0.05) is 17.1 Å². The molecule has 2 rings (SSSR count). The number of nitrogens with one attached hydrogen (secondary N) is 1. The summed E-state index contributed by atoms with van der Waals surface area (Å²) in [5, 5.41) is 0.550. The molecule has 1 N–H and O–H groups in total. The molecule has 0 saturated carbocycles. The van der Waals surface area contributed by atoms with E-state index in [4.69, 9.17) is 9.15 Å². The van der Waals surface area contributed by atoms with Crippen molar-refractivity contribution in [3.63, 3.8) is 0 Å². The van der Waals surface area contributed by atoms with Gasteiger partial charge >= 0.3 is 11.6 Å². The summed E-state index contributed by atoms with van der Waals surface area (Å²) in [6, 6.07) is 2.72. The Morgan fingerprint density at radius 1 is 1.42 bits per heavy atom. The van der Waals surface area contributed by atoms with Gasteiger partial charge in [0.2, 0.25) is 0 Å². The Morgan fingerprint density at radius 3 is 2.79 bits per heavy atom. The minimum absolute atomic E-state index is 0.132. The Kier molecular flexibility index (Phi) is 3.84. The van der Waals surface area contributed by atoms with Gasteiger partial charge in [-0.15, -0.1) is 0 Å². The molecule has 0 aliphatic carbocycles. The number of pyridine rings is 1. The van der Waals surface area contributed by atoms with Crippen LogP contribution in [0.15, 0.2) is 26.1 Å². The second-order valence-electron chi connectivity index (χ2n) is 3.70. The van der Waals surface area contributed by atoms with Crippen molar-refractivity contribution in [2.75, 3.05) is 6.61 Å². The molecule has 0 unspecified atom stereocenters. The molecule has 0 aliphatic heterocycles. The standard InChI is InChI=1S/C12H10BrNO5/c1-2-18-11(16)8-4-7-9(19-12(8)17)3-6(5-13)14-10(7)15/h3-4H,2,5H2,1H3,(H,14,15). The summed E-state index contributed by atoms with van der Waals surface area (Å²) in [5.74, 6) is -0.804. The van der Waals surface area contributed by atoms with Crippen molar-refractivity contribution < 1.29 is 13.9 Å². The van der Waals surface area contributed by atoms with Crippen LogP contribution in [0.2, 0.25) is 0 Å². The molecule has 6 nitrogen and oxygen atoms in total. The first-order valence-corrected chi connectivity index (χ1v) is 6.62. The van der Waals surface area contributed by atoms with Crippen LogP contribution in [0, 0.1) is 0 Å². The van der Waals surface area contributed by atoms with E-state index in [1.807, 2.05) is 0 Å². The number of esters is 1. The average molecular weight is 328 g/mol. The van der Waals surface area contributed by atoms with Crippen LogP contribution in [0.1, 0.15) is 23.0 Å². The maximum atomic E-state index is 11.8. The van der Waals surface area contributed by atoms with E-state index in [1.165, 1.54) is 12.1 Å². The predicted octanol–water partition coefficient (Wildman–Crippen LogP) is 1.55. The molecule has 0 atom stereocenters. The summed E-state index contributed by atoms with van der Waals surface area (Å²) >= 11 is 3.19. The smallest absolute Gasteiger partial charge is 0.351 e. The zero-order valence-electron chi connectivity index (χ0n) is 9.99. The fraction of sp³-hybridized carbons (Fsp3) is 0.250. The number of fused-ring (bicyclic) bond motifs is 1. The van der Waals surface area contributed by atoms with Gasteiger partial charge in [-0.1, -0.05) is 15.9 Å². The monoisotopic (exact) mass is 327 g/mol. The van der Waals surface area contributed by atoms with Gasteiger partial charge in [-0.05, 0) is 13.0 Å². The zero-order chi connectivity index (χ0) is 14.0. The summed E-state index contributed by atoms with van der Waals surface area (Å²) in [4.78, 5) is 37.6. The second-order valence-corrected chi connectivity index (χ2v) is 4.26. The lowest BCUT2D eigenvalue weighted by atomic mass is 10.2. The Hall–Kier alpha value is -1.89. The molecule has 0 fully saturated rings. The van der Waals surface area contributed by atoms with Crippen LogP contribution in [0.4, 0.5) is 0 Å². The Balaban J connectivity index is 2.69. The highest BCUT2D eigenvalue weighted by molar-refractivity contribution is 9.08. The molecule has 2 aromatic rings. The van der Waals surface area contributed by atoms with Gasteiger partial charge in [0.15, 0.2) is 0 Å². The van der Waals surface area contributed by atoms with Crippen molar-refractivity contribution >= 4 is 32.9 Å². The highest BCUT2D eigenvalue weighted by Gasteiger charge is 2.16. The lowest BCUT2D eigenvalue weighted by Crippen LogP contribution is -2.19. The third kappa shape index (κ3) is 2.60. The van der Waals surface area contributed by atoms with E-state index in [-0.39, 0.29) is 23.1 Å². The van der Waals surface area contributed by atoms with E-state index < -0.39 is 17.2 Å². The molecular formula is C12H10BrNO5. The zero-order valence-corrected chi connectivity index (χ0v) is 11.6. The summed E-state index contributed by atoms with van der Waals surface area (Å²) in [7, 11) is 0. The normalized spacial score (nSPS) is 10.6. The van der Waals surface area contributed by atoms with E-state index >= 15 is 0 Å². The molecule has 2 aromatic heterocycles. The quantitative estimate of drug-likeness (QED) is 0.682. The van der Waals surface area contributed by atoms with Gasteiger partial charge < -0.3 is 14.1 Å². The van der Waals surface area contributed by atoms with Crippen LogP contribution in [-0.2, 0) is 10.1 Å². The minimum atomic E-state index is -0.822. The van der Waals surface area contributed by atoms with E-state index in [9.17, 15) is 14.4 Å².